The Morgan fingerprint density at radius 2 is 0.875 bits per heavy atom. The summed E-state index contributed by atoms with van der Waals surface area (Å²) < 4.78 is 0. The van der Waals surface area contributed by atoms with E-state index in [0.29, 0.717) is 6.42 Å². The van der Waals surface area contributed by atoms with E-state index in [1.165, 1.54) is 83.5 Å². The van der Waals surface area contributed by atoms with Crippen LogP contribution in [0.25, 0.3) is 0 Å². The molecule has 24 heavy (non-hydrogen) atoms. The Morgan fingerprint density at radius 3 is 1.12 bits per heavy atom. The molecule has 0 saturated heterocycles. The zero-order valence-electron chi connectivity index (χ0n) is 15.5. The average molecular weight is 441 g/mol. The predicted molar refractivity (Wildman–Crippen MR) is 88.6 cm³/mol. The van der Waals surface area contributed by atoms with E-state index >= 15 is 0 Å². The van der Waals surface area contributed by atoms with Crippen molar-refractivity contribution < 1.29 is 57.1 Å². The van der Waals surface area contributed by atoms with E-state index in [0.717, 1.165) is 12.8 Å². The average Bonchev–Trinajstić information content (AvgIpc) is 2.43. The number of unbranched alkanes of at least 4 members (excludes halogenated alkanes) is 14. The maximum absolute atomic E-state index is 10.3. The van der Waals surface area contributed by atoms with Crippen molar-refractivity contribution in [2.45, 2.75) is 110 Å². The molecule has 0 heterocycles. The topological polar surface area (TPSA) is 94.3 Å². The number of carboxylic acid groups (broad SMARTS) is 1. The van der Waals surface area contributed by atoms with E-state index < -0.39 is 5.97 Å². The molecule has 1 radical (unpaired) electrons. The summed E-state index contributed by atoms with van der Waals surface area (Å²) in [5, 5.41) is 8.52. The third-order valence-electron chi connectivity index (χ3n) is 3.99. The summed E-state index contributed by atoms with van der Waals surface area (Å²) in [7, 11) is 0. The summed E-state index contributed by atoms with van der Waals surface area (Å²) in [5.74, 6) is -0.653. The van der Waals surface area contributed by atoms with E-state index in [1.807, 2.05) is 0 Å². The third-order valence-corrected chi connectivity index (χ3v) is 3.99. The van der Waals surface area contributed by atoms with E-state index in [-0.39, 0.29) is 47.2 Å². The van der Waals surface area contributed by atoms with E-state index in [4.69, 9.17) is 5.11 Å². The van der Waals surface area contributed by atoms with Crippen molar-refractivity contribution in [3.63, 3.8) is 0 Å². The van der Waals surface area contributed by atoms with Gasteiger partial charge < -0.3 is 16.1 Å². The Labute approximate surface area is 172 Å². The molecule has 0 aliphatic heterocycles. The van der Waals surface area contributed by atoms with Crippen LogP contribution in [0.3, 0.4) is 0 Å². The summed E-state index contributed by atoms with van der Waals surface area (Å²) in [6.07, 6.45) is 20.2. The molecule has 6 heteroatoms. The molecule has 1 N–H and O–H groups in total. The molecule has 4 nitrogen and oxygen atoms in total. The van der Waals surface area contributed by atoms with Crippen molar-refractivity contribution >= 4 is 5.97 Å². The molecule has 0 atom stereocenters. The van der Waals surface area contributed by atoms with Crippen LogP contribution in [-0.4, -0.2) is 11.1 Å². The van der Waals surface area contributed by atoms with Gasteiger partial charge in [-0.1, -0.05) is 96.8 Å². The molecular weight excluding hydrogens is 405 g/mol. The van der Waals surface area contributed by atoms with Crippen molar-refractivity contribution in [3.8, 4) is 0 Å². The van der Waals surface area contributed by atoms with Gasteiger partial charge in [0.05, 0.1) is 0 Å². The Morgan fingerprint density at radius 1 is 0.625 bits per heavy atom. The van der Waals surface area contributed by atoms with E-state index in [2.05, 4.69) is 6.92 Å². The van der Waals surface area contributed by atoms with Gasteiger partial charge in [0, 0.05) is 6.42 Å². The predicted octanol–water partition coefficient (Wildman–Crippen LogP) is 6.09. The van der Waals surface area contributed by atoms with Crippen molar-refractivity contribution in [1.82, 2.24) is 0 Å². The van der Waals surface area contributed by atoms with Gasteiger partial charge in [-0.25, -0.2) is 0 Å². The van der Waals surface area contributed by atoms with Crippen LogP contribution in [0.1, 0.15) is 110 Å². The fourth-order valence-corrected chi connectivity index (χ4v) is 2.65. The quantitative estimate of drug-likeness (QED) is 0.232. The molecule has 0 fully saturated rings. The van der Waals surface area contributed by atoms with Gasteiger partial charge in [0.15, 0.2) is 0 Å². The maximum atomic E-state index is 10.3. The fraction of sp³-hybridized carbons (Fsp3) is 0.944. The summed E-state index contributed by atoms with van der Waals surface area (Å²) in [6.45, 7) is 2.27. The monoisotopic (exact) mass is 439 g/mol. The minimum absolute atomic E-state index is 0. The Balaban J connectivity index is -0.000000301. The van der Waals surface area contributed by atoms with E-state index in [9.17, 15) is 4.79 Å². The normalized spacial score (nSPS) is 9.04. The molecule has 0 saturated carbocycles. The van der Waals surface area contributed by atoms with Crippen LogP contribution >= 0.6 is 0 Å². The van der Waals surface area contributed by atoms with Crippen molar-refractivity contribution in [2.24, 2.45) is 0 Å². The van der Waals surface area contributed by atoms with Gasteiger partial charge in [-0.05, 0) is 6.42 Å². The van der Waals surface area contributed by atoms with Crippen LogP contribution in [0.4, 0.5) is 0 Å². The molecule has 0 aliphatic carbocycles. The number of carboxylic acids is 1. The zero-order valence-corrected chi connectivity index (χ0v) is 19.5. The SMILES string of the molecule is CCCCCCCCCCCCCCCCCC(=O)O.[Co+2].[O-2].[O-2].[Zn+2]. The Hall–Kier alpha value is 0.520. The molecule has 0 aromatic heterocycles. The summed E-state index contributed by atoms with van der Waals surface area (Å²) in [5.41, 5.74) is 0. The molecule has 0 aliphatic rings. The van der Waals surface area contributed by atoms with Gasteiger partial charge in [-0.2, -0.15) is 0 Å². The first-order chi connectivity index (χ1) is 9.77. The second-order valence-corrected chi connectivity index (χ2v) is 6.09. The first kappa shape index (κ1) is 35.6. The number of hydrogen-bond donors (Lipinski definition) is 1. The van der Waals surface area contributed by atoms with Gasteiger partial charge in [-0.3, -0.25) is 4.79 Å². The van der Waals surface area contributed by atoms with E-state index in [1.54, 1.807) is 0 Å². The summed E-state index contributed by atoms with van der Waals surface area (Å²) >= 11 is 0. The van der Waals surface area contributed by atoms with Crippen LogP contribution in [-0.2, 0) is 52.0 Å². The molecule has 143 valence electrons. The summed E-state index contributed by atoms with van der Waals surface area (Å²) in [6, 6.07) is 0. The largest absolute Gasteiger partial charge is 2.00 e. The standard InChI is InChI=1S/C18H36O2.Co.2O.Zn/c1-2-3-4-5-6-7-8-9-10-11-12-13-14-15-16-17-18(19)20;;;;/h2-17H2,1H3,(H,19,20);;;;/q;+2;2*-2;+2. The third kappa shape index (κ3) is 34.0. The number of aliphatic carboxylic acids is 1. The smallest absolute Gasteiger partial charge is 2.00 e. The maximum Gasteiger partial charge on any atom is 2.00 e. The van der Waals surface area contributed by atoms with Gasteiger partial charge >= 0.3 is 42.2 Å². The minimum atomic E-state index is -0.653. The molecular formula is C18H36CoO4Zn. The first-order valence-corrected chi connectivity index (χ1v) is 8.99. The van der Waals surface area contributed by atoms with Crippen LogP contribution in [0.2, 0.25) is 0 Å². The number of rotatable bonds is 16. The fourth-order valence-electron chi connectivity index (χ4n) is 2.65. The molecule has 0 aromatic rings. The molecule has 0 bridgehead atoms. The van der Waals surface area contributed by atoms with Crippen LogP contribution < -0.4 is 0 Å². The van der Waals surface area contributed by atoms with Crippen molar-refractivity contribution in [2.75, 3.05) is 0 Å². The van der Waals surface area contributed by atoms with Crippen molar-refractivity contribution in [3.05, 3.63) is 0 Å². The second-order valence-electron chi connectivity index (χ2n) is 6.09. The molecule has 0 spiro atoms. The van der Waals surface area contributed by atoms with Crippen LogP contribution in [0.15, 0.2) is 0 Å². The second kappa shape index (κ2) is 31.3. The van der Waals surface area contributed by atoms with Crippen LogP contribution in [0, 0.1) is 0 Å². The van der Waals surface area contributed by atoms with Gasteiger partial charge in [-0.15, -0.1) is 0 Å². The molecule has 0 amide bonds. The molecule has 0 aromatic carbocycles. The van der Waals surface area contributed by atoms with Gasteiger partial charge in [0.2, 0.25) is 0 Å². The number of carbonyl (C=O) groups is 1. The van der Waals surface area contributed by atoms with Gasteiger partial charge in [0.1, 0.15) is 0 Å². The number of hydrogen-bond acceptors (Lipinski definition) is 1. The Kier molecular flexibility index (Phi) is 46.4. The summed E-state index contributed by atoms with van der Waals surface area (Å²) in [4.78, 5) is 10.3. The first-order valence-electron chi connectivity index (χ1n) is 8.99. The zero-order chi connectivity index (χ0) is 14.9. The molecule has 0 rings (SSSR count). The Bertz CT molecular complexity index is 219. The van der Waals surface area contributed by atoms with Crippen molar-refractivity contribution in [1.29, 1.82) is 0 Å². The van der Waals surface area contributed by atoms with Crippen LogP contribution in [0.5, 0.6) is 0 Å². The minimum Gasteiger partial charge on any atom is -2.00 e. The molecule has 0 unspecified atom stereocenters. The van der Waals surface area contributed by atoms with Gasteiger partial charge in [0.25, 0.3) is 0 Å².